The Labute approximate surface area is 128 Å². The number of hydrogen-bond acceptors (Lipinski definition) is 4. The van der Waals surface area contributed by atoms with Gasteiger partial charge in [-0.3, -0.25) is 0 Å². The largest absolute Gasteiger partial charge is 0.380 e. The molecule has 0 spiro atoms. The second-order valence-electron chi connectivity index (χ2n) is 5.65. The van der Waals surface area contributed by atoms with E-state index in [2.05, 4.69) is 43.1 Å². The first kappa shape index (κ1) is 16.0. The number of pyridine rings is 1. The zero-order chi connectivity index (χ0) is 15.2. The van der Waals surface area contributed by atoms with Crippen LogP contribution in [0.25, 0.3) is 0 Å². The van der Waals surface area contributed by atoms with E-state index in [1.807, 2.05) is 0 Å². The van der Waals surface area contributed by atoms with E-state index in [9.17, 15) is 0 Å². The van der Waals surface area contributed by atoms with Crippen molar-refractivity contribution < 1.29 is 4.74 Å². The van der Waals surface area contributed by atoms with E-state index in [1.54, 1.807) is 7.11 Å². The van der Waals surface area contributed by atoms with Gasteiger partial charge in [-0.2, -0.15) is 0 Å². The van der Waals surface area contributed by atoms with E-state index < -0.39 is 0 Å². The SMILES string of the molecule is CCNCc1c(C)cc(C)nc1N1CC=C(COC)CC1. The fourth-order valence-electron chi connectivity index (χ4n) is 2.79. The first-order chi connectivity index (χ1) is 10.2. The summed E-state index contributed by atoms with van der Waals surface area (Å²) < 4.78 is 5.22. The molecule has 4 nitrogen and oxygen atoms in total. The Bertz CT molecular complexity index is 511. The number of hydrogen-bond donors (Lipinski definition) is 1. The van der Waals surface area contributed by atoms with Crippen molar-refractivity contribution in [2.24, 2.45) is 0 Å². The van der Waals surface area contributed by atoms with Crippen LogP contribution in [0.2, 0.25) is 0 Å². The highest BCUT2D eigenvalue weighted by molar-refractivity contribution is 5.53. The summed E-state index contributed by atoms with van der Waals surface area (Å²) in [6.45, 7) is 10.9. The molecule has 1 N–H and O–H groups in total. The van der Waals surface area contributed by atoms with Crippen LogP contribution in [0.15, 0.2) is 17.7 Å². The Morgan fingerprint density at radius 3 is 2.81 bits per heavy atom. The molecule has 2 rings (SSSR count). The zero-order valence-corrected chi connectivity index (χ0v) is 13.7. The molecule has 0 saturated carbocycles. The molecular weight excluding hydrogens is 262 g/mol. The molecule has 0 unspecified atom stereocenters. The molecule has 1 aromatic rings. The van der Waals surface area contributed by atoms with Crippen LogP contribution in [0, 0.1) is 13.8 Å². The predicted octanol–water partition coefficient (Wildman–Crippen LogP) is 2.59. The third-order valence-corrected chi connectivity index (χ3v) is 3.94. The van der Waals surface area contributed by atoms with Gasteiger partial charge in [0.2, 0.25) is 0 Å². The first-order valence-electron chi connectivity index (χ1n) is 7.75. The molecule has 0 fully saturated rings. The molecule has 0 saturated heterocycles. The summed E-state index contributed by atoms with van der Waals surface area (Å²) in [5, 5.41) is 3.43. The summed E-state index contributed by atoms with van der Waals surface area (Å²) in [7, 11) is 1.76. The van der Waals surface area contributed by atoms with E-state index >= 15 is 0 Å². The predicted molar refractivity (Wildman–Crippen MR) is 87.9 cm³/mol. The summed E-state index contributed by atoms with van der Waals surface area (Å²) in [6.07, 6.45) is 3.34. The summed E-state index contributed by atoms with van der Waals surface area (Å²) in [5.74, 6) is 1.14. The standard InChI is InChI=1S/C17H27N3O/c1-5-18-11-16-13(2)10-14(3)19-17(16)20-8-6-15(7-9-20)12-21-4/h6,10,18H,5,7-9,11-12H2,1-4H3. The summed E-state index contributed by atoms with van der Waals surface area (Å²) in [5.41, 5.74) is 5.14. The highest BCUT2D eigenvalue weighted by atomic mass is 16.5. The van der Waals surface area contributed by atoms with E-state index in [-0.39, 0.29) is 0 Å². The average Bonchev–Trinajstić information content (AvgIpc) is 2.47. The lowest BCUT2D eigenvalue weighted by molar-refractivity contribution is 0.222. The van der Waals surface area contributed by atoms with Crippen molar-refractivity contribution >= 4 is 5.82 Å². The van der Waals surface area contributed by atoms with E-state index in [1.165, 1.54) is 16.7 Å². The molecule has 1 aliphatic rings. The lowest BCUT2D eigenvalue weighted by atomic mass is 10.1. The Morgan fingerprint density at radius 2 is 2.19 bits per heavy atom. The van der Waals surface area contributed by atoms with Gasteiger partial charge in [0.1, 0.15) is 5.82 Å². The number of ether oxygens (including phenoxy) is 1. The van der Waals surface area contributed by atoms with Crippen LogP contribution in [0.5, 0.6) is 0 Å². The van der Waals surface area contributed by atoms with Crippen LogP contribution in [-0.2, 0) is 11.3 Å². The number of aryl methyl sites for hydroxylation is 2. The molecule has 0 aromatic carbocycles. The maximum atomic E-state index is 5.22. The topological polar surface area (TPSA) is 37.4 Å². The molecular formula is C17H27N3O. The van der Waals surface area contributed by atoms with Crippen molar-refractivity contribution in [3.05, 3.63) is 34.5 Å². The van der Waals surface area contributed by atoms with Crippen molar-refractivity contribution in [3.8, 4) is 0 Å². The minimum Gasteiger partial charge on any atom is -0.380 e. The zero-order valence-electron chi connectivity index (χ0n) is 13.7. The number of nitrogens with zero attached hydrogens (tertiary/aromatic N) is 2. The highest BCUT2D eigenvalue weighted by Gasteiger charge is 2.18. The van der Waals surface area contributed by atoms with Gasteiger partial charge in [0.05, 0.1) is 6.61 Å². The van der Waals surface area contributed by atoms with Gasteiger partial charge < -0.3 is 15.0 Å². The van der Waals surface area contributed by atoms with E-state index in [4.69, 9.17) is 9.72 Å². The molecule has 4 heteroatoms. The van der Waals surface area contributed by atoms with Crippen molar-refractivity contribution in [1.29, 1.82) is 0 Å². The lowest BCUT2D eigenvalue weighted by Gasteiger charge is -2.30. The van der Waals surface area contributed by atoms with Crippen LogP contribution >= 0.6 is 0 Å². The molecule has 21 heavy (non-hydrogen) atoms. The van der Waals surface area contributed by atoms with Gasteiger partial charge in [0, 0.05) is 38.0 Å². The average molecular weight is 289 g/mol. The van der Waals surface area contributed by atoms with Crippen LogP contribution in [0.1, 0.15) is 30.2 Å². The van der Waals surface area contributed by atoms with Gasteiger partial charge in [-0.25, -0.2) is 4.98 Å². The van der Waals surface area contributed by atoms with Crippen LogP contribution in [-0.4, -0.2) is 38.3 Å². The number of aromatic nitrogens is 1. The van der Waals surface area contributed by atoms with Gasteiger partial charge in [-0.1, -0.05) is 13.0 Å². The number of anilines is 1. The maximum Gasteiger partial charge on any atom is 0.133 e. The first-order valence-corrected chi connectivity index (χ1v) is 7.75. The molecule has 116 valence electrons. The van der Waals surface area contributed by atoms with Crippen molar-refractivity contribution in [1.82, 2.24) is 10.3 Å². The minimum absolute atomic E-state index is 0.748. The Morgan fingerprint density at radius 1 is 1.38 bits per heavy atom. The van der Waals surface area contributed by atoms with Gasteiger partial charge >= 0.3 is 0 Å². The monoisotopic (exact) mass is 289 g/mol. The Hall–Kier alpha value is -1.39. The highest BCUT2D eigenvalue weighted by Crippen LogP contribution is 2.25. The fourth-order valence-corrected chi connectivity index (χ4v) is 2.79. The van der Waals surface area contributed by atoms with Gasteiger partial charge in [-0.15, -0.1) is 0 Å². The van der Waals surface area contributed by atoms with E-state index in [0.29, 0.717) is 0 Å². The van der Waals surface area contributed by atoms with Gasteiger partial charge in [0.25, 0.3) is 0 Å². The van der Waals surface area contributed by atoms with Gasteiger partial charge in [0.15, 0.2) is 0 Å². The quantitative estimate of drug-likeness (QED) is 0.817. The minimum atomic E-state index is 0.748. The number of rotatable bonds is 6. The number of nitrogens with one attached hydrogen (secondary N) is 1. The molecule has 0 aliphatic carbocycles. The van der Waals surface area contributed by atoms with E-state index in [0.717, 1.165) is 50.7 Å². The van der Waals surface area contributed by atoms with Crippen LogP contribution in [0.3, 0.4) is 0 Å². The second kappa shape index (κ2) is 7.57. The van der Waals surface area contributed by atoms with Crippen LogP contribution < -0.4 is 10.2 Å². The Kier molecular flexibility index (Phi) is 5.76. The third kappa shape index (κ3) is 4.05. The van der Waals surface area contributed by atoms with Gasteiger partial charge in [-0.05, 0) is 44.0 Å². The molecule has 0 radical (unpaired) electrons. The molecule has 1 aliphatic heterocycles. The normalized spacial score (nSPS) is 15.2. The van der Waals surface area contributed by atoms with Crippen LogP contribution in [0.4, 0.5) is 5.82 Å². The van der Waals surface area contributed by atoms with Crippen molar-refractivity contribution in [2.75, 3.05) is 38.3 Å². The second-order valence-corrected chi connectivity index (χ2v) is 5.65. The summed E-state index contributed by atoms with van der Waals surface area (Å²) >= 11 is 0. The van der Waals surface area contributed by atoms with Crippen molar-refractivity contribution in [3.63, 3.8) is 0 Å². The lowest BCUT2D eigenvalue weighted by Crippen LogP contribution is -2.32. The third-order valence-electron chi connectivity index (χ3n) is 3.94. The smallest absolute Gasteiger partial charge is 0.133 e. The van der Waals surface area contributed by atoms with Crippen molar-refractivity contribution in [2.45, 2.75) is 33.7 Å². The summed E-state index contributed by atoms with van der Waals surface area (Å²) in [4.78, 5) is 7.19. The molecule has 1 aromatic heterocycles. The fraction of sp³-hybridized carbons (Fsp3) is 0.588. The molecule has 0 atom stereocenters. The molecule has 0 bridgehead atoms. The Balaban J connectivity index is 2.22. The summed E-state index contributed by atoms with van der Waals surface area (Å²) in [6, 6.07) is 2.17. The molecule has 0 amide bonds. The maximum absolute atomic E-state index is 5.22. The number of methoxy groups -OCH3 is 1. The molecule has 2 heterocycles.